The molecular formula is C31H56N4O7. The highest BCUT2D eigenvalue weighted by molar-refractivity contribution is 5.77. The first-order chi connectivity index (χ1) is 20.1. The van der Waals surface area contributed by atoms with E-state index in [0.29, 0.717) is 32.9 Å². The number of carbonyl (C=O) groups is 2. The summed E-state index contributed by atoms with van der Waals surface area (Å²) in [6.07, 6.45) is 7.64. The van der Waals surface area contributed by atoms with E-state index in [-0.39, 0.29) is 59.8 Å². The van der Waals surface area contributed by atoms with E-state index in [9.17, 15) is 9.59 Å². The predicted molar refractivity (Wildman–Crippen MR) is 161 cm³/mol. The third-order valence-corrected chi connectivity index (χ3v) is 8.89. The van der Waals surface area contributed by atoms with Crippen LogP contribution in [-0.4, -0.2) is 94.2 Å². The Labute approximate surface area is 252 Å². The van der Waals surface area contributed by atoms with Crippen LogP contribution in [0, 0.1) is 11.8 Å². The second-order valence-corrected chi connectivity index (χ2v) is 12.8. The van der Waals surface area contributed by atoms with Gasteiger partial charge in [-0.2, -0.15) is 0 Å². The number of unbranched alkanes of at least 4 members (excludes halogenated alkanes) is 3. The molecule has 0 aromatic rings. The van der Waals surface area contributed by atoms with Crippen molar-refractivity contribution in [2.45, 2.75) is 115 Å². The lowest BCUT2D eigenvalue weighted by Crippen LogP contribution is -2.56. The van der Waals surface area contributed by atoms with Gasteiger partial charge in [0.2, 0.25) is 5.91 Å². The molecule has 0 bridgehead atoms. The van der Waals surface area contributed by atoms with Gasteiger partial charge in [0, 0.05) is 13.7 Å². The molecule has 11 nitrogen and oxygen atoms in total. The van der Waals surface area contributed by atoms with Crippen LogP contribution in [0.15, 0.2) is 11.6 Å². The van der Waals surface area contributed by atoms with Gasteiger partial charge in [0.1, 0.15) is 23.4 Å². The van der Waals surface area contributed by atoms with Crippen molar-refractivity contribution in [3.05, 3.63) is 11.6 Å². The molecule has 1 aliphatic carbocycles. The molecule has 2 heterocycles. The summed E-state index contributed by atoms with van der Waals surface area (Å²) in [5.41, 5.74) is 5.92. The molecule has 3 aliphatic rings. The number of rotatable bonds is 19. The van der Waals surface area contributed by atoms with Gasteiger partial charge in [-0.25, -0.2) is 4.79 Å². The second kappa shape index (κ2) is 16.4. The van der Waals surface area contributed by atoms with Gasteiger partial charge in [-0.15, -0.1) is 0 Å². The maximum absolute atomic E-state index is 13.1. The minimum absolute atomic E-state index is 0.00977. The molecule has 2 saturated heterocycles. The first-order valence-electron chi connectivity index (χ1n) is 15.8. The molecule has 0 aromatic heterocycles. The molecule has 5 N–H and O–H groups in total. The van der Waals surface area contributed by atoms with Gasteiger partial charge in [-0.1, -0.05) is 38.3 Å². The fraction of sp³-hybridized carbons (Fsp3) is 0.871. The summed E-state index contributed by atoms with van der Waals surface area (Å²) < 4.78 is 30.1. The molecule has 42 heavy (non-hydrogen) atoms. The predicted octanol–water partition coefficient (Wildman–Crippen LogP) is 3.01. The van der Waals surface area contributed by atoms with E-state index in [1.165, 1.54) is 5.57 Å². The topological polar surface area (TPSA) is 149 Å². The number of alkyl carbamates (subject to hydrolysis) is 1. The maximum Gasteiger partial charge on any atom is 0.407 e. The first kappa shape index (κ1) is 34.7. The molecule has 2 amide bonds. The molecule has 11 heteroatoms. The fourth-order valence-corrected chi connectivity index (χ4v) is 6.15. The highest BCUT2D eigenvalue weighted by Gasteiger charge is 2.72. The normalized spacial score (nSPS) is 30.6. The van der Waals surface area contributed by atoms with Crippen LogP contribution in [0.4, 0.5) is 4.79 Å². The second-order valence-electron chi connectivity index (χ2n) is 12.8. The molecule has 3 fully saturated rings. The lowest BCUT2D eigenvalue weighted by molar-refractivity contribution is -0.119. The zero-order valence-electron chi connectivity index (χ0n) is 26.7. The van der Waals surface area contributed by atoms with Gasteiger partial charge < -0.3 is 40.1 Å². The highest BCUT2D eigenvalue weighted by Crippen LogP contribution is 2.59. The monoisotopic (exact) mass is 596 g/mol. The molecule has 0 aromatic carbocycles. The van der Waals surface area contributed by atoms with E-state index in [4.69, 9.17) is 29.4 Å². The zero-order chi connectivity index (χ0) is 30.8. The van der Waals surface area contributed by atoms with Gasteiger partial charge in [-0.3, -0.25) is 10.1 Å². The molecule has 1 spiro atoms. The number of ether oxygens (including phenoxy) is 5. The Morgan fingerprint density at radius 1 is 1.14 bits per heavy atom. The van der Waals surface area contributed by atoms with Crippen molar-refractivity contribution in [3.8, 4) is 0 Å². The van der Waals surface area contributed by atoms with Crippen LogP contribution < -0.4 is 21.7 Å². The number of epoxide rings is 2. The quantitative estimate of drug-likeness (QED) is 0.0764. The number of hydrogen-bond acceptors (Lipinski definition) is 9. The van der Waals surface area contributed by atoms with E-state index in [0.717, 1.165) is 45.1 Å². The van der Waals surface area contributed by atoms with Crippen LogP contribution >= 0.6 is 0 Å². The van der Waals surface area contributed by atoms with Gasteiger partial charge in [-0.05, 0) is 65.3 Å². The average molecular weight is 597 g/mol. The van der Waals surface area contributed by atoms with Crippen molar-refractivity contribution in [2.75, 3.05) is 46.7 Å². The van der Waals surface area contributed by atoms with E-state index >= 15 is 0 Å². The number of carbonyl (C=O) groups excluding carboxylic acids is 2. The fourth-order valence-electron chi connectivity index (χ4n) is 6.15. The van der Waals surface area contributed by atoms with Crippen molar-refractivity contribution < 1.29 is 33.3 Å². The molecule has 2 aliphatic heterocycles. The minimum Gasteiger partial charge on any atom is -0.443 e. The smallest absolute Gasteiger partial charge is 0.407 e. The lowest BCUT2D eigenvalue weighted by atomic mass is 9.68. The molecule has 242 valence electrons. The minimum atomic E-state index is -0.450. The third kappa shape index (κ3) is 9.89. The first-order valence-corrected chi connectivity index (χ1v) is 15.8. The van der Waals surface area contributed by atoms with E-state index < -0.39 is 6.09 Å². The maximum atomic E-state index is 13.1. The van der Waals surface area contributed by atoms with Crippen LogP contribution in [0.25, 0.3) is 0 Å². The Morgan fingerprint density at radius 3 is 2.48 bits per heavy atom. The van der Waals surface area contributed by atoms with Gasteiger partial charge >= 0.3 is 6.09 Å². The summed E-state index contributed by atoms with van der Waals surface area (Å²) in [6.45, 7) is 13.5. The molecule has 7 unspecified atom stereocenters. The average Bonchev–Trinajstić information content (AvgIpc) is 3.87. The van der Waals surface area contributed by atoms with E-state index in [2.05, 4.69) is 56.6 Å². The highest BCUT2D eigenvalue weighted by atomic mass is 16.6. The number of nitrogens with one attached hydrogen (secondary N) is 3. The van der Waals surface area contributed by atoms with Crippen molar-refractivity contribution >= 4 is 12.0 Å². The molecule has 7 atom stereocenters. The third-order valence-electron chi connectivity index (χ3n) is 8.89. The number of methoxy groups -OCH3 is 1. The van der Waals surface area contributed by atoms with Gasteiger partial charge in [0.15, 0.2) is 0 Å². The zero-order valence-corrected chi connectivity index (χ0v) is 26.7. The van der Waals surface area contributed by atoms with Gasteiger partial charge in [0.05, 0.1) is 44.6 Å². The van der Waals surface area contributed by atoms with Crippen LogP contribution in [0.3, 0.4) is 0 Å². The number of allylic oxidation sites excluding steroid dienone is 1. The van der Waals surface area contributed by atoms with Crippen LogP contribution in [-0.2, 0) is 28.5 Å². The molecular weight excluding hydrogens is 540 g/mol. The summed E-state index contributed by atoms with van der Waals surface area (Å²) in [5.74, 6) is 0.0542. The van der Waals surface area contributed by atoms with E-state index in [1.807, 2.05) is 0 Å². The van der Waals surface area contributed by atoms with Gasteiger partial charge in [0.25, 0.3) is 0 Å². The van der Waals surface area contributed by atoms with Crippen LogP contribution in [0.2, 0.25) is 0 Å². The van der Waals surface area contributed by atoms with Crippen LogP contribution in [0.5, 0.6) is 0 Å². The lowest BCUT2D eigenvalue weighted by Gasteiger charge is -2.42. The van der Waals surface area contributed by atoms with E-state index in [1.54, 1.807) is 7.11 Å². The Morgan fingerprint density at radius 2 is 1.86 bits per heavy atom. The summed E-state index contributed by atoms with van der Waals surface area (Å²) in [5, 5.41) is 9.09. The summed E-state index contributed by atoms with van der Waals surface area (Å²) in [7, 11) is 1.69. The summed E-state index contributed by atoms with van der Waals surface area (Å²) in [4.78, 5) is 24.2. The Hall–Kier alpha value is -1.76. The van der Waals surface area contributed by atoms with Crippen molar-refractivity contribution in [2.24, 2.45) is 17.6 Å². The molecule has 1 saturated carbocycles. The summed E-state index contributed by atoms with van der Waals surface area (Å²) >= 11 is 0. The van der Waals surface area contributed by atoms with Crippen molar-refractivity contribution in [1.29, 1.82) is 0 Å². The largest absolute Gasteiger partial charge is 0.443 e. The molecule has 3 rings (SSSR count). The number of nitrogens with two attached hydrogens (primary N) is 1. The Bertz CT molecular complexity index is 893. The summed E-state index contributed by atoms with van der Waals surface area (Å²) in [6, 6.07) is -0.181. The SMILES string of the molecule is COC1C(OC(=O)NC(COCNCCCCCCNC(=O)CN)C(C)C)CCC2(CO2)C1C1(C)OC1CC=C(C)C. The standard InChI is InChI=1S/C31H56N4O7/c1-21(2)11-12-25-30(5,42-25)28-27(38-6)24(13-14-31(28)19-40-31)41-29(37)35-23(22(3)4)18-39-20-33-15-9-7-8-10-16-34-26(36)17-32/h11,22-25,27-28,33H,7-10,12-20,32H2,1-6H3,(H,34,36)(H,35,37). The Balaban J connectivity index is 1.38. The van der Waals surface area contributed by atoms with Crippen molar-refractivity contribution in [3.63, 3.8) is 0 Å². The van der Waals surface area contributed by atoms with Crippen LogP contribution in [0.1, 0.15) is 79.6 Å². The number of amides is 2. The van der Waals surface area contributed by atoms with Crippen molar-refractivity contribution in [1.82, 2.24) is 16.0 Å². The number of hydrogen-bond donors (Lipinski definition) is 4. The molecule has 0 radical (unpaired) electrons. The Kier molecular flexibility index (Phi) is 13.5.